The van der Waals surface area contributed by atoms with Crippen molar-refractivity contribution in [2.75, 3.05) is 26.4 Å². The van der Waals surface area contributed by atoms with Crippen molar-refractivity contribution >= 4 is 34.7 Å². The van der Waals surface area contributed by atoms with Crippen molar-refractivity contribution in [2.45, 2.75) is 64.0 Å². The van der Waals surface area contributed by atoms with E-state index in [1.165, 1.54) is 6.92 Å². The highest BCUT2D eigenvalue weighted by Crippen LogP contribution is 2.29. The average molecular weight is 509 g/mol. The van der Waals surface area contributed by atoms with E-state index in [0.717, 1.165) is 17.3 Å². The monoisotopic (exact) mass is 508 g/mol. The third-order valence-electron chi connectivity index (χ3n) is 5.52. The lowest BCUT2D eigenvalue weighted by molar-refractivity contribution is -0.150. The Morgan fingerprint density at radius 2 is 1.80 bits per heavy atom. The summed E-state index contributed by atoms with van der Waals surface area (Å²) in [5, 5.41) is 4.61. The molecule has 0 radical (unpaired) electrons. The van der Waals surface area contributed by atoms with Crippen molar-refractivity contribution < 1.29 is 33.4 Å². The fourth-order valence-electron chi connectivity index (χ4n) is 3.62. The molecule has 0 aliphatic carbocycles. The average Bonchev–Trinajstić information content (AvgIpc) is 2.82. The summed E-state index contributed by atoms with van der Waals surface area (Å²) in [6, 6.07) is 8.40. The lowest BCUT2D eigenvalue weighted by atomic mass is 9.94. The fourth-order valence-corrected chi connectivity index (χ4v) is 4.60. The molecule has 0 spiro atoms. The van der Waals surface area contributed by atoms with Crippen LogP contribution in [0.2, 0.25) is 0 Å². The van der Waals surface area contributed by atoms with E-state index in [1.54, 1.807) is 20.8 Å². The number of benzene rings is 1. The number of thioether (sulfide) groups is 1. The molecule has 35 heavy (non-hydrogen) atoms. The summed E-state index contributed by atoms with van der Waals surface area (Å²) in [7, 11) is 0. The number of carbonyl (C=O) groups excluding carboxylic acids is 4. The number of hydrogen-bond donors (Lipinski definition) is 2. The fraction of sp³-hybridized carbons (Fsp3) is 0.600. The second-order valence-electron chi connectivity index (χ2n) is 8.87. The van der Waals surface area contributed by atoms with Gasteiger partial charge in [-0.1, -0.05) is 42.1 Å². The predicted octanol–water partition coefficient (Wildman–Crippen LogP) is 2.22. The van der Waals surface area contributed by atoms with E-state index < -0.39 is 34.6 Å². The third-order valence-corrected chi connectivity index (χ3v) is 6.71. The van der Waals surface area contributed by atoms with Crippen LogP contribution in [0.4, 0.5) is 0 Å². The van der Waals surface area contributed by atoms with Gasteiger partial charge in [-0.3, -0.25) is 14.4 Å². The summed E-state index contributed by atoms with van der Waals surface area (Å²) in [4.78, 5) is 50.5. The SMILES string of the molecule is CCOC(=O)C(COCc1ccccc1)NC(=O)C(C)(C)NC(=O)C(SC(C)=O)C1CCOCC1. The molecule has 1 aromatic rings. The Kier molecular flexibility index (Phi) is 11.7. The van der Waals surface area contributed by atoms with Gasteiger partial charge in [0, 0.05) is 20.1 Å². The van der Waals surface area contributed by atoms with Gasteiger partial charge >= 0.3 is 5.97 Å². The van der Waals surface area contributed by atoms with E-state index in [2.05, 4.69) is 10.6 Å². The highest BCUT2D eigenvalue weighted by molar-refractivity contribution is 8.14. The van der Waals surface area contributed by atoms with Crippen molar-refractivity contribution in [3.8, 4) is 0 Å². The van der Waals surface area contributed by atoms with Gasteiger partial charge in [0.05, 0.1) is 25.1 Å². The third kappa shape index (κ3) is 9.62. The first-order chi connectivity index (χ1) is 16.6. The topological polar surface area (TPSA) is 120 Å². The Morgan fingerprint density at radius 1 is 1.14 bits per heavy atom. The lowest BCUT2D eigenvalue weighted by Gasteiger charge is -2.32. The second-order valence-corrected chi connectivity index (χ2v) is 10.2. The predicted molar refractivity (Wildman–Crippen MR) is 132 cm³/mol. The molecule has 2 atom stereocenters. The number of amides is 2. The number of hydrogen-bond acceptors (Lipinski definition) is 8. The molecule has 1 heterocycles. The van der Waals surface area contributed by atoms with Gasteiger partial charge in [-0.2, -0.15) is 0 Å². The van der Waals surface area contributed by atoms with Gasteiger partial charge in [0.2, 0.25) is 11.8 Å². The van der Waals surface area contributed by atoms with Crippen LogP contribution in [-0.4, -0.2) is 66.2 Å². The van der Waals surface area contributed by atoms with Crippen molar-refractivity contribution in [3.05, 3.63) is 35.9 Å². The normalized spacial score (nSPS) is 16.1. The van der Waals surface area contributed by atoms with Crippen molar-refractivity contribution in [2.24, 2.45) is 5.92 Å². The summed E-state index contributed by atoms with van der Waals surface area (Å²) < 4.78 is 16.1. The first-order valence-corrected chi connectivity index (χ1v) is 12.7. The highest BCUT2D eigenvalue weighted by atomic mass is 32.2. The summed E-state index contributed by atoms with van der Waals surface area (Å²) >= 11 is 0.969. The summed E-state index contributed by atoms with van der Waals surface area (Å²) in [6.45, 7) is 7.58. The van der Waals surface area contributed by atoms with Gasteiger partial charge in [-0.15, -0.1) is 0 Å². The van der Waals surface area contributed by atoms with Gasteiger partial charge < -0.3 is 24.8 Å². The zero-order valence-electron chi connectivity index (χ0n) is 20.8. The molecule has 2 unspecified atom stereocenters. The van der Waals surface area contributed by atoms with Gasteiger partial charge in [0.1, 0.15) is 5.54 Å². The first kappa shape index (κ1) is 28.8. The first-order valence-electron chi connectivity index (χ1n) is 11.8. The summed E-state index contributed by atoms with van der Waals surface area (Å²) in [6.07, 6.45) is 1.32. The van der Waals surface area contributed by atoms with Crippen LogP contribution < -0.4 is 10.6 Å². The van der Waals surface area contributed by atoms with E-state index in [-0.39, 0.29) is 30.9 Å². The maximum Gasteiger partial charge on any atom is 0.331 e. The molecule has 194 valence electrons. The molecule has 1 fully saturated rings. The molecule has 0 saturated carbocycles. The zero-order chi connectivity index (χ0) is 25.8. The molecule has 9 nitrogen and oxygen atoms in total. The van der Waals surface area contributed by atoms with Gasteiger partial charge in [-0.25, -0.2) is 4.79 Å². The largest absolute Gasteiger partial charge is 0.464 e. The van der Waals surface area contributed by atoms with Crippen LogP contribution in [0.1, 0.15) is 46.1 Å². The minimum absolute atomic E-state index is 0.0322. The van der Waals surface area contributed by atoms with Crippen molar-refractivity contribution in [3.63, 3.8) is 0 Å². The van der Waals surface area contributed by atoms with Crippen LogP contribution in [0.3, 0.4) is 0 Å². The molecule has 0 aromatic heterocycles. The van der Waals surface area contributed by atoms with Gasteiger partial charge in [0.25, 0.3) is 0 Å². The second kappa shape index (κ2) is 14.2. The van der Waals surface area contributed by atoms with Crippen molar-refractivity contribution in [1.29, 1.82) is 0 Å². The molecule has 10 heteroatoms. The summed E-state index contributed by atoms with van der Waals surface area (Å²) in [5.74, 6) is -1.62. The Labute approximate surface area is 211 Å². The quantitative estimate of drug-likeness (QED) is 0.413. The molecule has 1 saturated heterocycles. The molecule has 1 aromatic carbocycles. The van der Waals surface area contributed by atoms with E-state index in [1.807, 2.05) is 30.3 Å². The molecule has 2 amide bonds. The molecule has 1 aliphatic rings. The minimum atomic E-state index is -1.35. The Hall–Kier alpha value is -2.43. The Balaban J connectivity index is 2.03. The molecule has 1 aliphatic heterocycles. The standard InChI is InChI=1S/C25H36N2O7S/c1-5-34-23(30)20(16-33-15-18-9-7-6-8-10-18)26-24(31)25(3,4)27-22(29)21(35-17(2)28)19-11-13-32-14-12-19/h6-10,19-21H,5,11-16H2,1-4H3,(H,26,31)(H,27,29). The molecular formula is C25H36N2O7S. The number of carbonyl (C=O) groups is 4. The van der Waals surface area contributed by atoms with E-state index in [4.69, 9.17) is 14.2 Å². The van der Waals surface area contributed by atoms with Crippen molar-refractivity contribution in [1.82, 2.24) is 10.6 Å². The number of rotatable bonds is 12. The number of esters is 1. The van der Waals surface area contributed by atoms with Crippen LogP contribution in [0.15, 0.2) is 30.3 Å². The Morgan fingerprint density at radius 3 is 2.40 bits per heavy atom. The lowest BCUT2D eigenvalue weighted by Crippen LogP contribution is -2.60. The summed E-state index contributed by atoms with van der Waals surface area (Å²) in [5.41, 5.74) is -0.418. The van der Waals surface area contributed by atoms with Crippen LogP contribution in [0, 0.1) is 5.92 Å². The molecule has 2 N–H and O–H groups in total. The molecule has 2 rings (SSSR count). The van der Waals surface area contributed by atoms with Crippen LogP contribution in [0.5, 0.6) is 0 Å². The number of nitrogens with one attached hydrogen (secondary N) is 2. The maximum atomic E-state index is 13.1. The highest BCUT2D eigenvalue weighted by Gasteiger charge is 2.38. The smallest absolute Gasteiger partial charge is 0.331 e. The van der Waals surface area contributed by atoms with E-state index >= 15 is 0 Å². The number of ether oxygens (including phenoxy) is 3. The van der Waals surface area contributed by atoms with Crippen LogP contribution in [0.25, 0.3) is 0 Å². The van der Waals surface area contributed by atoms with E-state index in [9.17, 15) is 19.2 Å². The Bertz CT molecular complexity index is 857. The van der Waals surface area contributed by atoms with Gasteiger partial charge in [-0.05, 0) is 45.1 Å². The molecular weight excluding hydrogens is 472 g/mol. The van der Waals surface area contributed by atoms with Gasteiger partial charge in [0.15, 0.2) is 11.2 Å². The van der Waals surface area contributed by atoms with Crippen LogP contribution in [-0.2, 0) is 40.0 Å². The van der Waals surface area contributed by atoms with E-state index in [0.29, 0.717) is 26.1 Å². The minimum Gasteiger partial charge on any atom is -0.464 e. The maximum absolute atomic E-state index is 13.1. The zero-order valence-corrected chi connectivity index (χ0v) is 21.7. The molecule has 0 bridgehead atoms. The van der Waals surface area contributed by atoms with Crippen LogP contribution >= 0.6 is 11.8 Å².